The summed E-state index contributed by atoms with van der Waals surface area (Å²) in [6, 6.07) is 22.3. The van der Waals surface area contributed by atoms with Crippen molar-refractivity contribution in [2.45, 2.75) is 29.4 Å². The molecule has 0 saturated carbocycles. The number of methoxy groups -OCH3 is 1. The summed E-state index contributed by atoms with van der Waals surface area (Å²) in [7, 11) is -2.47. The smallest absolute Gasteiger partial charge is 0.338 e. The van der Waals surface area contributed by atoms with E-state index in [2.05, 4.69) is 15.9 Å². The number of nitrogens with zero attached hydrogens (tertiary/aromatic N) is 1. The molecule has 1 heterocycles. The Morgan fingerprint density at radius 3 is 2.39 bits per heavy atom. The van der Waals surface area contributed by atoms with Gasteiger partial charge in [-0.2, -0.15) is 0 Å². The number of carbonyl (C=O) groups excluding carboxylic acids is 1. The van der Waals surface area contributed by atoms with Gasteiger partial charge in [0.05, 0.1) is 24.4 Å². The molecule has 4 rings (SSSR count). The lowest BCUT2D eigenvalue weighted by atomic mass is 9.86. The molecule has 1 N–H and O–H groups in total. The van der Waals surface area contributed by atoms with E-state index in [1.807, 2.05) is 18.2 Å². The summed E-state index contributed by atoms with van der Waals surface area (Å²) in [5.41, 5.74) is -0.419. The fraction of sp³-hybridized carbons (Fsp3) is 0.286. The fourth-order valence-electron chi connectivity index (χ4n) is 4.22. The highest BCUT2D eigenvalue weighted by molar-refractivity contribution is 9.10. The largest absolute Gasteiger partial charge is 0.494 e. The van der Waals surface area contributed by atoms with Crippen LogP contribution in [0.5, 0.6) is 5.75 Å². The first kappa shape index (κ1) is 27.8. The van der Waals surface area contributed by atoms with Crippen molar-refractivity contribution in [1.29, 1.82) is 0 Å². The Morgan fingerprint density at radius 2 is 1.74 bits per heavy atom. The van der Waals surface area contributed by atoms with Crippen molar-refractivity contribution in [3.8, 4) is 5.75 Å². The molecule has 0 bridgehead atoms. The highest BCUT2D eigenvalue weighted by Gasteiger charge is 2.55. The second-order valence-corrected chi connectivity index (χ2v) is 11.6. The van der Waals surface area contributed by atoms with Crippen LogP contribution in [-0.4, -0.2) is 57.0 Å². The van der Waals surface area contributed by atoms with Crippen molar-refractivity contribution in [1.82, 2.24) is 0 Å². The van der Waals surface area contributed by atoms with Crippen LogP contribution in [0, 0.1) is 0 Å². The van der Waals surface area contributed by atoms with Crippen molar-refractivity contribution >= 4 is 37.6 Å². The number of halogens is 1. The number of sulfone groups is 1. The summed E-state index contributed by atoms with van der Waals surface area (Å²) in [5.74, 6) is -0.239. The lowest BCUT2D eigenvalue weighted by Gasteiger charge is -2.29. The summed E-state index contributed by atoms with van der Waals surface area (Å²) in [5, 5.41) is 8.95. The van der Waals surface area contributed by atoms with E-state index in [4.69, 9.17) is 24.3 Å². The Bertz CT molecular complexity index is 1390. The molecule has 1 aliphatic rings. The standard InChI is InChI=1S/C28H28BrNO7S/c1-35-27(32)28(16-19-38(33,34)22-8-3-2-4-9-22)25(23-10-5-6-11-24(23)29)37-26(30-28)20-12-14-21(15-13-20)36-18-7-17-31/h2-6,8-15,25,31H,7,16-19H2,1H3/t25-,28-/m1/s1. The van der Waals surface area contributed by atoms with Crippen LogP contribution in [0.2, 0.25) is 0 Å². The molecule has 0 aromatic heterocycles. The normalized spacial score (nSPS) is 18.9. The lowest BCUT2D eigenvalue weighted by molar-refractivity contribution is -0.150. The number of hydrogen-bond acceptors (Lipinski definition) is 8. The van der Waals surface area contributed by atoms with Gasteiger partial charge in [0.1, 0.15) is 5.75 Å². The minimum Gasteiger partial charge on any atom is -0.494 e. The number of carbonyl (C=O) groups is 1. The van der Waals surface area contributed by atoms with Crippen LogP contribution in [0.1, 0.15) is 30.1 Å². The average molecular weight is 603 g/mol. The minimum atomic E-state index is -3.72. The lowest BCUT2D eigenvalue weighted by Crippen LogP contribution is -2.43. The Labute approximate surface area is 230 Å². The molecule has 200 valence electrons. The summed E-state index contributed by atoms with van der Waals surface area (Å²) in [4.78, 5) is 18.3. The maximum Gasteiger partial charge on any atom is 0.338 e. The molecule has 38 heavy (non-hydrogen) atoms. The molecule has 8 nitrogen and oxygen atoms in total. The second-order valence-electron chi connectivity index (χ2n) is 8.68. The van der Waals surface area contributed by atoms with Crippen LogP contribution in [0.25, 0.3) is 0 Å². The topological polar surface area (TPSA) is 111 Å². The van der Waals surface area contributed by atoms with Crippen LogP contribution in [0.15, 0.2) is 93.2 Å². The molecule has 0 aliphatic carbocycles. The quantitative estimate of drug-likeness (QED) is 0.254. The molecule has 0 unspecified atom stereocenters. The maximum atomic E-state index is 13.4. The maximum absolute atomic E-state index is 13.4. The van der Waals surface area contributed by atoms with E-state index < -0.39 is 27.4 Å². The first-order valence-corrected chi connectivity index (χ1v) is 14.5. The van der Waals surface area contributed by atoms with Gasteiger partial charge in [0.25, 0.3) is 0 Å². The summed E-state index contributed by atoms with van der Waals surface area (Å²) >= 11 is 3.54. The van der Waals surface area contributed by atoms with Gasteiger partial charge in [0.2, 0.25) is 11.4 Å². The molecule has 0 spiro atoms. The molecular weight excluding hydrogens is 574 g/mol. The van der Waals surface area contributed by atoms with E-state index in [1.54, 1.807) is 48.5 Å². The molecule has 3 aromatic carbocycles. The van der Waals surface area contributed by atoms with Crippen LogP contribution in [-0.2, 0) is 24.1 Å². The van der Waals surface area contributed by atoms with Crippen LogP contribution in [0.3, 0.4) is 0 Å². The zero-order valence-corrected chi connectivity index (χ0v) is 23.2. The van der Waals surface area contributed by atoms with E-state index in [-0.39, 0.29) is 29.6 Å². The van der Waals surface area contributed by atoms with Gasteiger partial charge >= 0.3 is 5.97 Å². The zero-order chi connectivity index (χ0) is 27.2. The highest BCUT2D eigenvalue weighted by Crippen LogP contribution is 2.45. The number of hydrogen-bond donors (Lipinski definition) is 1. The summed E-state index contributed by atoms with van der Waals surface area (Å²) < 4.78 is 44.1. The van der Waals surface area contributed by atoms with Gasteiger partial charge < -0.3 is 19.3 Å². The first-order chi connectivity index (χ1) is 18.3. The molecule has 2 atom stereocenters. The Balaban J connectivity index is 1.73. The number of aliphatic hydroxyl groups excluding tert-OH is 1. The predicted molar refractivity (Wildman–Crippen MR) is 146 cm³/mol. The van der Waals surface area contributed by atoms with E-state index in [1.165, 1.54) is 19.2 Å². The van der Waals surface area contributed by atoms with Crippen molar-refractivity contribution in [2.24, 2.45) is 4.99 Å². The van der Waals surface area contributed by atoms with E-state index in [0.717, 1.165) is 0 Å². The molecule has 10 heteroatoms. The molecule has 0 radical (unpaired) electrons. The molecule has 1 aliphatic heterocycles. The van der Waals surface area contributed by atoms with Crippen molar-refractivity contribution in [2.75, 3.05) is 26.1 Å². The first-order valence-electron chi connectivity index (χ1n) is 12.0. The molecule has 3 aromatic rings. The van der Waals surface area contributed by atoms with E-state index in [0.29, 0.717) is 34.4 Å². The van der Waals surface area contributed by atoms with Gasteiger partial charge in [-0.25, -0.2) is 18.2 Å². The average Bonchev–Trinajstić information content (AvgIpc) is 3.33. The summed E-state index contributed by atoms with van der Waals surface area (Å²) in [6.07, 6.45) is -0.583. The van der Waals surface area contributed by atoms with Crippen LogP contribution in [0.4, 0.5) is 0 Å². The zero-order valence-electron chi connectivity index (χ0n) is 20.7. The molecular formula is C28H28BrNO7S. The highest BCUT2D eigenvalue weighted by atomic mass is 79.9. The Morgan fingerprint density at radius 1 is 1.05 bits per heavy atom. The monoisotopic (exact) mass is 601 g/mol. The number of rotatable bonds is 11. The van der Waals surface area contributed by atoms with Crippen LogP contribution >= 0.6 is 15.9 Å². The Hall–Kier alpha value is -3.21. The number of aliphatic hydroxyl groups is 1. The van der Waals surface area contributed by atoms with Crippen LogP contribution < -0.4 is 4.74 Å². The fourth-order valence-corrected chi connectivity index (χ4v) is 6.10. The Kier molecular flexibility index (Phi) is 8.86. The van der Waals surface area contributed by atoms with E-state index >= 15 is 0 Å². The summed E-state index contributed by atoms with van der Waals surface area (Å²) in [6.45, 7) is 0.410. The molecule has 0 saturated heterocycles. The van der Waals surface area contributed by atoms with Gasteiger partial charge in [0.15, 0.2) is 15.9 Å². The van der Waals surface area contributed by atoms with Gasteiger partial charge in [0, 0.05) is 35.0 Å². The van der Waals surface area contributed by atoms with Gasteiger partial charge in [-0.3, -0.25) is 0 Å². The third kappa shape index (κ3) is 5.92. The predicted octanol–water partition coefficient (Wildman–Crippen LogP) is 4.50. The third-order valence-electron chi connectivity index (χ3n) is 6.22. The number of esters is 1. The van der Waals surface area contributed by atoms with Gasteiger partial charge in [-0.05, 0) is 42.5 Å². The molecule has 0 fully saturated rings. The van der Waals surface area contributed by atoms with Crippen molar-refractivity contribution in [3.63, 3.8) is 0 Å². The van der Waals surface area contributed by atoms with Crippen molar-refractivity contribution in [3.05, 3.63) is 94.5 Å². The number of aliphatic imine (C=N–C) groups is 1. The third-order valence-corrected chi connectivity index (χ3v) is 8.67. The van der Waals surface area contributed by atoms with Gasteiger partial charge in [-0.15, -0.1) is 0 Å². The van der Waals surface area contributed by atoms with E-state index in [9.17, 15) is 13.2 Å². The van der Waals surface area contributed by atoms with Gasteiger partial charge in [-0.1, -0.05) is 52.3 Å². The minimum absolute atomic E-state index is 0.0365. The van der Waals surface area contributed by atoms with Crippen molar-refractivity contribution < 1.29 is 32.5 Å². The molecule has 0 amide bonds. The number of benzene rings is 3. The number of ether oxygens (including phenoxy) is 3. The SMILES string of the molecule is COC(=O)[C@]1(CCS(=O)(=O)c2ccccc2)N=C(c2ccc(OCCCO)cc2)O[C@@H]1c1ccccc1Br. The second kappa shape index (κ2) is 12.1.